The van der Waals surface area contributed by atoms with Crippen LogP contribution in [0.2, 0.25) is 0 Å². The van der Waals surface area contributed by atoms with Gasteiger partial charge < -0.3 is 4.90 Å². The predicted molar refractivity (Wildman–Crippen MR) is 100 cm³/mol. The first-order valence-electron chi connectivity index (χ1n) is 8.96. The Hall–Kier alpha value is -2.95. The molecule has 1 aliphatic rings. The largest absolute Gasteiger partial charge is 0.332 e. The van der Waals surface area contributed by atoms with Crippen molar-refractivity contribution in [1.29, 1.82) is 0 Å². The Balaban J connectivity index is 1.60. The summed E-state index contributed by atoms with van der Waals surface area (Å²) < 4.78 is 1.82. The van der Waals surface area contributed by atoms with Gasteiger partial charge >= 0.3 is 0 Å². The van der Waals surface area contributed by atoms with Crippen LogP contribution < -0.4 is 0 Å². The number of carbonyl (C=O) groups is 1. The number of hydrogen-bond donors (Lipinski definition) is 0. The fraction of sp³-hybridized carbons (Fsp3) is 0.286. The third-order valence-electron chi connectivity index (χ3n) is 5.07. The zero-order valence-electron chi connectivity index (χ0n) is 15.1. The molecule has 1 aliphatic heterocycles. The molecule has 1 aromatic carbocycles. The van der Waals surface area contributed by atoms with E-state index in [2.05, 4.69) is 42.0 Å². The number of benzene rings is 1. The first kappa shape index (κ1) is 16.5. The second kappa shape index (κ2) is 6.75. The molecule has 0 aliphatic carbocycles. The molecule has 2 aromatic heterocycles. The number of nitrogens with zero attached hydrogens (tertiary/aromatic N) is 4. The van der Waals surface area contributed by atoms with Crippen molar-refractivity contribution < 1.29 is 4.79 Å². The third-order valence-corrected chi connectivity index (χ3v) is 5.07. The van der Waals surface area contributed by atoms with Crippen molar-refractivity contribution in [3.8, 4) is 5.82 Å². The van der Waals surface area contributed by atoms with Gasteiger partial charge in [-0.2, -0.15) is 0 Å². The number of likely N-dealkylation sites (tertiary alicyclic amines) is 1. The number of carbonyl (C=O) groups excluding carboxylic acids is 1. The Kier molecular flexibility index (Phi) is 4.29. The smallest absolute Gasteiger partial charge is 0.255 e. The molecule has 3 heterocycles. The highest BCUT2D eigenvalue weighted by Gasteiger charge is 2.31. The first-order chi connectivity index (χ1) is 12.6. The highest BCUT2D eigenvalue weighted by atomic mass is 16.2. The van der Waals surface area contributed by atoms with E-state index < -0.39 is 0 Å². The minimum atomic E-state index is 0.0538. The van der Waals surface area contributed by atoms with E-state index in [-0.39, 0.29) is 11.9 Å². The van der Waals surface area contributed by atoms with E-state index in [0.29, 0.717) is 5.56 Å². The van der Waals surface area contributed by atoms with Gasteiger partial charge in [0.2, 0.25) is 0 Å². The number of hydrogen-bond acceptors (Lipinski definition) is 3. The van der Waals surface area contributed by atoms with Crippen molar-refractivity contribution in [2.75, 3.05) is 6.54 Å². The van der Waals surface area contributed by atoms with Gasteiger partial charge in [-0.3, -0.25) is 9.36 Å². The van der Waals surface area contributed by atoms with Crippen LogP contribution in [0.5, 0.6) is 0 Å². The van der Waals surface area contributed by atoms with Crippen LogP contribution in [0.1, 0.15) is 45.9 Å². The van der Waals surface area contributed by atoms with Crippen molar-refractivity contribution in [2.24, 2.45) is 0 Å². The predicted octanol–water partition coefficient (Wildman–Crippen LogP) is 3.86. The molecule has 0 saturated carbocycles. The summed E-state index contributed by atoms with van der Waals surface area (Å²) in [7, 11) is 0. The molecule has 0 radical (unpaired) electrons. The van der Waals surface area contributed by atoms with Crippen LogP contribution in [0.25, 0.3) is 5.82 Å². The molecule has 0 N–H and O–H groups in total. The Bertz CT molecular complexity index is 916. The number of aryl methyl sites for hydroxylation is 2. The standard InChI is InChI=1S/C21H22N4O/c1-15-5-6-16(2)18(12-15)19-4-3-10-25(19)21(26)17-7-8-20(23-13-17)24-11-9-22-14-24/h5-9,11-14,19H,3-4,10H2,1-2H3. The van der Waals surface area contributed by atoms with Crippen LogP contribution in [0.3, 0.4) is 0 Å². The number of pyridine rings is 1. The van der Waals surface area contributed by atoms with E-state index in [9.17, 15) is 4.79 Å². The first-order valence-corrected chi connectivity index (χ1v) is 8.96. The van der Waals surface area contributed by atoms with Crippen molar-refractivity contribution in [3.05, 3.63) is 77.5 Å². The minimum absolute atomic E-state index is 0.0538. The van der Waals surface area contributed by atoms with Gasteiger partial charge in [0.1, 0.15) is 12.1 Å². The highest BCUT2D eigenvalue weighted by Crippen LogP contribution is 2.35. The summed E-state index contributed by atoms with van der Waals surface area (Å²) in [5.41, 5.74) is 4.37. The van der Waals surface area contributed by atoms with Gasteiger partial charge in [-0.05, 0) is 49.9 Å². The number of imidazole rings is 1. The second-order valence-corrected chi connectivity index (χ2v) is 6.89. The molecule has 5 nitrogen and oxygen atoms in total. The molecule has 1 amide bonds. The van der Waals surface area contributed by atoms with Crippen molar-refractivity contribution in [3.63, 3.8) is 0 Å². The SMILES string of the molecule is Cc1ccc(C)c(C2CCCN2C(=O)c2ccc(-n3ccnc3)nc2)c1. The lowest BCUT2D eigenvalue weighted by atomic mass is 9.97. The third kappa shape index (κ3) is 3.01. The van der Waals surface area contributed by atoms with Crippen LogP contribution in [0.4, 0.5) is 0 Å². The van der Waals surface area contributed by atoms with Crippen molar-refractivity contribution in [2.45, 2.75) is 32.7 Å². The summed E-state index contributed by atoms with van der Waals surface area (Å²) >= 11 is 0. The molecule has 1 unspecified atom stereocenters. The second-order valence-electron chi connectivity index (χ2n) is 6.89. The summed E-state index contributed by atoms with van der Waals surface area (Å²) in [5, 5.41) is 0. The summed E-state index contributed by atoms with van der Waals surface area (Å²) in [5.74, 6) is 0.810. The summed E-state index contributed by atoms with van der Waals surface area (Å²) in [6, 6.07) is 10.3. The zero-order valence-corrected chi connectivity index (χ0v) is 15.1. The van der Waals surface area contributed by atoms with Gasteiger partial charge in [0.05, 0.1) is 11.6 Å². The van der Waals surface area contributed by atoms with E-state index in [1.165, 1.54) is 16.7 Å². The van der Waals surface area contributed by atoms with E-state index in [1.54, 1.807) is 18.7 Å². The minimum Gasteiger partial charge on any atom is -0.332 e. The highest BCUT2D eigenvalue weighted by molar-refractivity contribution is 5.94. The number of rotatable bonds is 3. The van der Waals surface area contributed by atoms with E-state index >= 15 is 0 Å². The van der Waals surface area contributed by atoms with Crippen LogP contribution in [0, 0.1) is 13.8 Å². The number of amides is 1. The monoisotopic (exact) mass is 346 g/mol. The van der Waals surface area contributed by atoms with Gasteiger partial charge in [-0.25, -0.2) is 9.97 Å². The zero-order chi connectivity index (χ0) is 18.1. The quantitative estimate of drug-likeness (QED) is 0.723. The molecular formula is C21H22N4O. The summed E-state index contributed by atoms with van der Waals surface area (Å²) in [6.07, 6.45) is 8.94. The van der Waals surface area contributed by atoms with E-state index in [0.717, 1.165) is 25.2 Å². The molecule has 1 saturated heterocycles. The molecule has 1 atom stereocenters. The van der Waals surface area contributed by atoms with Crippen LogP contribution in [-0.2, 0) is 0 Å². The van der Waals surface area contributed by atoms with Crippen molar-refractivity contribution >= 4 is 5.91 Å². The Morgan fingerprint density at radius 3 is 2.81 bits per heavy atom. The lowest BCUT2D eigenvalue weighted by Gasteiger charge is -2.26. The average molecular weight is 346 g/mol. The van der Waals surface area contributed by atoms with Gasteiger partial charge in [0.25, 0.3) is 5.91 Å². The maximum Gasteiger partial charge on any atom is 0.255 e. The Morgan fingerprint density at radius 1 is 1.19 bits per heavy atom. The van der Waals surface area contributed by atoms with Gasteiger partial charge in [0.15, 0.2) is 0 Å². The normalized spacial score (nSPS) is 16.8. The molecule has 0 spiro atoms. The molecular weight excluding hydrogens is 324 g/mol. The average Bonchev–Trinajstić information content (AvgIpc) is 3.35. The molecule has 0 bridgehead atoms. The molecule has 4 rings (SSSR count). The summed E-state index contributed by atoms with van der Waals surface area (Å²) in [4.78, 5) is 23.5. The molecule has 132 valence electrons. The Labute approximate surface area is 153 Å². The molecule has 5 heteroatoms. The van der Waals surface area contributed by atoms with Crippen LogP contribution >= 0.6 is 0 Å². The topological polar surface area (TPSA) is 51.0 Å². The molecule has 26 heavy (non-hydrogen) atoms. The number of aromatic nitrogens is 3. The fourth-order valence-electron chi connectivity index (χ4n) is 3.68. The van der Waals surface area contributed by atoms with Gasteiger partial charge in [-0.15, -0.1) is 0 Å². The fourth-order valence-corrected chi connectivity index (χ4v) is 3.68. The van der Waals surface area contributed by atoms with Crippen molar-refractivity contribution in [1.82, 2.24) is 19.4 Å². The maximum absolute atomic E-state index is 13.1. The molecule has 1 fully saturated rings. The van der Waals surface area contributed by atoms with E-state index in [4.69, 9.17) is 0 Å². The van der Waals surface area contributed by atoms with Crippen LogP contribution in [-0.4, -0.2) is 31.9 Å². The maximum atomic E-state index is 13.1. The lowest BCUT2D eigenvalue weighted by Crippen LogP contribution is -2.31. The van der Waals surface area contributed by atoms with E-state index in [1.807, 2.05) is 27.8 Å². The molecule has 3 aromatic rings. The lowest BCUT2D eigenvalue weighted by molar-refractivity contribution is 0.0735. The summed E-state index contributed by atoms with van der Waals surface area (Å²) in [6.45, 7) is 5.01. The van der Waals surface area contributed by atoms with Gasteiger partial charge in [-0.1, -0.05) is 23.8 Å². The van der Waals surface area contributed by atoms with Crippen LogP contribution in [0.15, 0.2) is 55.2 Å². The Morgan fingerprint density at radius 2 is 2.08 bits per heavy atom. The van der Waals surface area contributed by atoms with Gasteiger partial charge in [0, 0.05) is 25.1 Å².